The smallest absolute Gasteiger partial charge is 0.233 e. The highest BCUT2D eigenvalue weighted by atomic mass is 16.4. The quantitative estimate of drug-likeness (QED) is 0.317. The van der Waals surface area contributed by atoms with Crippen molar-refractivity contribution in [1.29, 1.82) is 0 Å². The Morgan fingerprint density at radius 1 is 1.39 bits per heavy atom. The Balaban J connectivity index is 4.75. The summed E-state index contributed by atoms with van der Waals surface area (Å²) in [4.78, 5) is 14.0. The molecule has 3 N–H and O–H groups in total. The van der Waals surface area contributed by atoms with Crippen molar-refractivity contribution < 1.29 is 10.0 Å². The molecule has 0 aromatic heterocycles. The van der Waals surface area contributed by atoms with E-state index in [0.29, 0.717) is 12.3 Å². The number of nitrogens with two attached hydrogens (primary N) is 1. The first-order valence-corrected chi connectivity index (χ1v) is 6.59. The van der Waals surface area contributed by atoms with Crippen molar-refractivity contribution in [1.82, 2.24) is 4.90 Å². The van der Waals surface area contributed by atoms with Crippen LogP contribution in [0.1, 0.15) is 47.0 Å². The van der Waals surface area contributed by atoms with Crippen molar-refractivity contribution in [3.63, 3.8) is 0 Å². The second kappa shape index (κ2) is 7.95. The van der Waals surface area contributed by atoms with E-state index in [9.17, 15) is 4.79 Å². The summed E-state index contributed by atoms with van der Waals surface area (Å²) in [6.45, 7) is 8.25. The first-order chi connectivity index (χ1) is 8.34. The van der Waals surface area contributed by atoms with E-state index in [-0.39, 0.29) is 17.8 Å². The standard InChI is InChI=1S/C13H27N3O2/c1-6-7-11(12(14)15-18)13(17)16(5)10(4)8-9(2)3/h9-11,18H,6-8H2,1-5H3,(H2,14,15). The second-order valence-corrected chi connectivity index (χ2v) is 5.29. The highest BCUT2D eigenvalue weighted by molar-refractivity contribution is 6.02. The van der Waals surface area contributed by atoms with Gasteiger partial charge in [0.25, 0.3) is 0 Å². The Kier molecular flexibility index (Phi) is 7.39. The van der Waals surface area contributed by atoms with Crippen LogP contribution in [-0.4, -0.2) is 34.9 Å². The van der Waals surface area contributed by atoms with Crippen LogP contribution in [0.5, 0.6) is 0 Å². The molecule has 0 heterocycles. The van der Waals surface area contributed by atoms with Gasteiger partial charge < -0.3 is 15.8 Å². The molecule has 0 radical (unpaired) electrons. The Morgan fingerprint density at radius 3 is 2.33 bits per heavy atom. The molecule has 0 aromatic rings. The van der Waals surface area contributed by atoms with Gasteiger partial charge in [-0.05, 0) is 25.7 Å². The van der Waals surface area contributed by atoms with E-state index in [2.05, 4.69) is 19.0 Å². The molecule has 0 aliphatic heterocycles. The first-order valence-electron chi connectivity index (χ1n) is 6.59. The van der Waals surface area contributed by atoms with Gasteiger partial charge in [-0.15, -0.1) is 0 Å². The lowest BCUT2D eigenvalue weighted by atomic mass is 9.98. The Labute approximate surface area is 110 Å². The van der Waals surface area contributed by atoms with Crippen LogP contribution >= 0.6 is 0 Å². The maximum absolute atomic E-state index is 12.3. The molecule has 5 nitrogen and oxygen atoms in total. The summed E-state index contributed by atoms with van der Waals surface area (Å²) in [6, 6.07) is 0.156. The predicted octanol–water partition coefficient (Wildman–Crippen LogP) is 2.04. The minimum absolute atomic E-state index is 0.00504. The number of hydrogen-bond donors (Lipinski definition) is 2. The van der Waals surface area contributed by atoms with Gasteiger partial charge in [-0.2, -0.15) is 0 Å². The maximum atomic E-state index is 12.3. The van der Waals surface area contributed by atoms with Gasteiger partial charge in [0.05, 0.1) is 5.92 Å². The highest BCUT2D eigenvalue weighted by Crippen LogP contribution is 2.15. The molecule has 0 saturated carbocycles. The van der Waals surface area contributed by atoms with Crippen LogP contribution in [0.2, 0.25) is 0 Å². The van der Waals surface area contributed by atoms with Crippen LogP contribution in [0.25, 0.3) is 0 Å². The average molecular weight is 257 g/mol. The fraction of sp³-hybridized carbons (Fsp3) is 0.846. The van der Waals surface area contributed by atoms with Gasteiger partial charge in [0.15, 0.2) is 5.84 Å². The normalized spacial score (nSPS) is 15.6. The number of carbonyl (C=O) groups is 1. The third-order valence-corrected chi connectivity index (χ3v) is 3.17. The molecule has 18 heavy (non-hydrogen) atoms. The molecule has 0 rings (SSSR count). The minimum atomic E-state index is -0.514. The molecule has 0 bridgehead atoms. The highest BCUT2D eigenvalue weighted by Gasteiger charge is 2.27. The number of carbonyl (C=O) groups excluding carboxylic acids is 1. The van der Waals surface area contributed by atoms with E-state index in [4.69, 9.17) is 10.9 Å². The van der Waals surface area contributed by atoms with Gasteiger partial charge in [-0.1, -0.05) is 32.3 Å². The van der Waals surface area contributed by atoms with Crippen molar-refractivity contribution >= 4 is 11.7 Å². The molecule has 2 atom stereocenters. The minimum Gasteiger partial charge on any atom is -0.409 e. The Hall–Kier alpha value is -1.26. The van der Waals surface area contributed by atoms with Crippen molar-refractivity contribution in [2.75, 3.05) is 7.05 Å². The fourth-order valence-electron chi connectivity index (χ4n) is 2.06. The number of rotatable bonds is 7. The molecule has 0 aliphatic rings. The van der Waals surface area contributed by atoms with Crippen molar-refractivity contribution in [2.45, 2.75) is 53.0 Å². The lowest BCUT2D eigenvalue weighted by Crippen LogP contribution is -2.44. The molecule has 106 valence electrons. The zero-order valence-corrected chi connectivity index (χ0v) is 12.2. The van der Waals surface area contributed by atoms with Crippen LogP contribution in [-0.2, 0) is 4.79 Å². The van der Waals surface area contributed by atoms with Gasteiger partial charge in [-0.3, -0.25) is 4.79 Å². The fourth-order valence-corrected chi connectivity index (χ4v) is 2.06. The van der Waals surface area contributed by atoms with E-state index in [1.165, 1.54) is 0 Å². The third-order valence-electron chi connectivity index (χ3n) is 3.17. The molecule has 2 unspecified atom stereocenters. The van der Waals surface area contributed by atoms with Crippen LogP contribution in [0, 0.1) is 11.8 Å². The molecule has 0 saturated heterocycles. The summed E-state index contributed by atoms with van der Waals surface area (Å²) in [7, 11) is 1.78. The second-order valence-electron chi connectivity index (χ2n) is 5.29. The molecule has 5 heteroatoms. The number of oxime groups is 1. The van der Waals surface area contributed by atoms with Crippen molar-refractivity contribution in [3.05, 3.63) is 0 Å². The molecular weight excluding hydrogens is 230 g/mol. The van der Waals surface area contributed by atoms with Gasteiger partial charge in [0, 0.05) is 13.1 Å². The SMILES string of the molecule is CCCC(C(=O)N(C)C(C)CC(C)C)C(N)=NO. The summed E-state index contributed by atoms with van der Waals surface area (Å²) >= 11 is 0. The van der Waals surface area contributed by atoms with E-state index in [0.717, 1.165) is 12.8 Å². The largest absolute Gasteiger partial charge is 0.409 e. The van der Waals surface area contributed by atoms with Crippen molar-refractivity contribution in [3.8, 4) is 0 Å². The van der Waals surface area contributed by atoms with E-state index in [1.54, 1.807) is 11.9 Å². The van der Waals surface area contributed by atoms with Crippen LogP contribution in [0.15, 0.2) is 5.16 Å². The van der Waals surface area contributed by atoms with Crippen LogP contribution < -0.4 is 5.73 Å². The predicted molar refractivity (Wildman–Crippen MR) is 73.5 cm³/mol. The summed E-state index contributed by atoms with van der Waals surface area (Å²) in [5, 5.41) is 11.7. The number of nitrogens with zero attached hydrogens (tertiary/aromatic N) is 2. The summed E-state index contributed by atoms with van der Waals surface area (Å²) in [5.74, 6) is -0.0471. The van der Waals surface area contributed by atoms with E-state index >= 15 is 0 Å². The third kappa shape index (κ3) is 4.94. The lowest BCUT2D eigenvalue weighted by Gasteiger charge is -2.29. The summed E-state index contributed by atoms with van der Waals surface area (Å²) in [6.07, 6.45) is 2.36. The average Bonchev–Trinajstić information content (AvgIpc) is 2.32. The molecule has 0 spiro atoms. The zero-order chi connectivity index (χ0) is 14.3. The number of amides is 1. The molecular formula is C13H27N3O2. The van der Waals surface area contributed by atoms with E-state index < -0.39 is 5.92 Å². The molecule has 0 aliphatic carbocycles. The van der Waals surface area contributed by atoms with Gasteiger partial charge in [0.1, 0.15) is 0 Å². The topological polar surface area (TPSA) is 78.9 Å². The van der Waals surface area contributed by atoms with Gasteiger partial charge >= 0.3 is 0 Å². The van der Waals surface area contributed by atoms with Gasteiger partial charge in [-0.25, -0.2) is 0 Å². The molecule has 0 fully saturated rings. The molecule has 0 aromatic carbocycles. The van der Waals surface area contributed by atoms with Crippen LogP contribution in [0.3, 0.4) is 0 Å². The van der Waals surface area contributed by atoms with Crippen LogP contribution in [0.4, 0.5) is 0 Å². The maximum Gasteiger partial charge on any atom is 0.233 e. The monoisotopic (exact) mass is 257 g/mol. The number of amidine groups is 1. The lowest BCUT2D eigenvalue weighted by molar-refractivity contribution is -0.134. The zero-order valence-electron chi connectivity index (χ0n) is 12.2. The summed E-state index contributed by atoms with van der Waals surface area (Å²) in [5.41, 5.74) is 5.60. The van der Waals surface area contributed by atoms with Crippen molar-refractivity contribution in [2.24, 2.45) is 22.7 Å². The van der Waals surface area contributed by atoms with E-state index in [1.807, 2.05) is 13.8 Å². The Bertz CT molecular complexity index is 290. The number of hydrogen-bond acceptors (Lipinski definition) is 3. The first kappa shape index (κ1) is 16.7. The molecule has 1 amide bonds. The Morgan fingerprint density at radius 2 is 1.94 bits per heavy atom. The summed E-state index contributed by atoms with van der Waals surface area (Å²) < 4.78 is 0. The van der Waals surface area contributed by atoms with Gasteiger partial charge in [0.2, 0.25) is 5.91 Å².